The zero-order valence-electron chi connectivity index (χ0n) is 9.21. The average Bonchev–Trinajstić information content (AvgIpc) is 2.30. The van der Waals surface area contributed by atoms with Gasteiger partial charge in [-0.25, -0.2) is 9.78 Å². The normalized spacial score (nSPS) is 20.9. The molecule has 86 valence electrons. The molecule has 1 aromatic heterocycles. The van der Waals surface area contributed by atoms with Gasteiger partial charge in [0.1, 0.15) is 5.82 Å². The van der Waals surface area contributed by atoms with E-state index in [0.717, 1.165) is 5.82 Å². The second kappa shape index (κ2) is 4.38. The third-order valence-electron chi connectivity index (χ3n) is 2.84. The van der Waals surface area contributed by atoms with Gasteiger partial charge in [0, 0.05) is 31.9 Å². The Balaban J connectivity index is 2.08. The predicted molar refractivity (Wildman–Crippen MR) is 60.6 cm³/mol. The number of anilines is 1. The van der Waals surface area contributed by atoms with Gasteiger partial charge in [-0.15, -0.1) is 0 Å². The molecule has 1 aliphatic rings. The highest BCUT2D eigenvalue weighted by molar-refractivity contribution is 5.65. The van der Waals surface area contributed by atoms with Gasteiger partial charge in [-0.1, -0.05) is 6.07 Å². The van der Waals surface area contributed by atoms with E-state index in [1.807, 2.05) is 25.1 Å². The van der Waals surface area contributed by atoms with Gasteiger partial charge in [-0.2, -0.15) is 0 Å². The van der Waals surface area contributed by atoms with Gasteiger partial charge in [0.2, 0.25) is 0 Å². The van der Waals surface area contributed by atoms with Crippen LogP contribution in [0.4, 0.5) is 10.6 Å². The Hall–Kier alpha value is -1.78. The first-order chi connectivity index (χ1) is 7.68. The van der Waals surface area contributed by atoms with Crippen molar-refractivity contribution >= 4 is 11.9 Å². The summed E-state index contributed by atoms with van der Waals surface area (Å²) in [5.41, 5.74) is 0. The molecule has 0 saturated carbocycles. The molecule has 0 aromatic carbocycles. The third-order valence-corrected chi connectivity index (χ3v) is 2.84. The topological polar surface area (TPSA) is 56.7 Å². The van der Waals surface area contributed by atoms with E-state index in [9.17, 15) is 4.79 Å². The van der Waals surface area contributed by atoms with Gasteiger partial charge < -0.3 is 14.9 Å². The summed E-state index contributed by atoms with van der Waals surface area (Å²) in [5.74, 6) is 0.917. The van der Waals surface area contributed by atoms with Crippen LogP contribution < -0.4 is 4.90 Å². The number of rotatable bonds is 1. The fourth-order valence-electron chi connectivity index (χ4n) is 2.00. The van der Waals surface area contributed by atoms with Crippen molar-refractivity contribution in [1.82, 2.24) is 9.88 Å². The molecule has 2 rings (SSSR count). The summed E-state index contributed by atoms with van der Waals surface area (Å²) in [6.45, 7) is 3.79. The summed E-state index contributed by atoms with van der Waals surface area (Å²) in [4.78, 5) is 18.7. The maximum Gasteiger partial charge on any atom is 0.407 e. The Bertz CT molecular complexity index is 369. The monoisotopic (exact) mass is 221 g/mol. The first kappa shape index (κ1) is 10.7. The molecule has 1 aliphatic heterocycles. The van der Waals surface area contributed by atoms with Crippen LogP contribution in [0.2, 0.25) is 0 Å². The standard InChI is InChI=1S/C11H15N3O2/c1-9-8-13(11(15)16)6-7-14(9)10-4-2-3-5-12-10/h2-5,9H,6-8H2,1H3,(H,15,16)/t9-/m1/s1. The van der Waals surface area contributed by atoms with Crippen LogP contribution in [0.15, 0.2) is 24.4 Å². The van der Waals surface area contributed by atoms with Gasteiger partial charge in [0.25, 0.3) is 0 Å². The van der Waals surface area contributed by atoms with E-state index < -0.39 is 6.09 Å². The zero-order chi connectivity index (χ0) is 11.5. The SMILES string of the molecule is C[C@@H]1CN(C(=O)O)CCN1c1ccccn1. The summed E-state index contributed by atoms with van der Waals surface area (Å²) in [6, 6.07) is 5.94. The van der Waals surface area contributed by atoms with Crippen molar-refractivity contribution in [3.05, 3.63) is 24.4 Å². The van der Waals surface area contributed by atoms with Gasteiger partial charge in [0.05, 0.1) is 0 Å². The Kier molecular flexibility index (Phi) is 2.94. The van der Waals surface area contributed by atoms with E-state index in [1.165, 1.54) is 4.90 Å². The van der Waals surface area contributed by atoms with Crippen molar-refractivity contribution in [2.24, 2.45) is 0 Å². The maximum absolute atomic E-state index is 10.8. The average molecular weight is 221 g/mol. The van der Waals surface area contributed by atoms with E-state index in [4.69, 9.17) is 5.11 Å². The summed E-state index contributed by atoms with van der Waals surface area (Å²) in [5, 5.41) is 8.90. The lowest BCUT2D eigenvalue weighted by molar-refractivity contribution is 0.136. The number of hydrogen-bond donors (Lipinski definition) is 1. The van der Waals surface area contributed by atoms with Crippen molar-refractivity contribution < 1.29 is 9.90 Å². The van der Waals surface area contributed by atoms with Crippen molar-refractivity contribution in [2.45, 2.75) is 13.0 Å². The van der Waals surface area contributed by atoms with Crippen molar-refractivity contribution in [2.75, 3.05) is 24.5 Å². The van der Waals surface area contributed by atoms with E-state index in [1.54, 1.807) is 6.20 Å². The number of aromatic nitrogens is 1. The number of nitrogens with zero attached hydrogens (tertiary/aromatic N) is 3. The quantitative estimate of drug-likeness (QED) is 0.776. The second-order valence-electron chi connectivity index (χ2n) is 3.96. The Morgan fingerprint density at radius 1 is 1.50 bits per heavy atom. The molecule has 0 aliphatic carbocycles. The molecule has 0 bridgehead atoms. The molecule has 0 radical (unpaired) electrons. The molecular formula is C11H15N3O2. The van der Waals surface area contributed by atoms with Gasteiger partial charge in [-0.3, -0.25) is 0 Å². The van der Waals surface area contributed by atoms with Crippen molar-refractivity contribution in [3.8, 4) is 0 Å². The maximum atomic E-state index is 10.8. The van der Waals surface area contributed by atoms with Crippen LogP contribution in [-0.4, -0.2) is 46.8 Å². The predicted octanol–water partition coefficient (Wildman–Crippen LogP) is 1.27. The molecule has 5 nitrogen and oxygen atoms in total. The van der Waals surface area contributed by atoms with E-state index in [0.29, 0.717) is 19.6 Å². The van der Waals surface area contributed by atoms with Crippen LogP contribution in [0.3, 0.4) is 0 Å². The highest BCUT2D eigenvalue weighted by Crippen LogP contribution is 2.17. The lowest BCUT2D eigenvalue weighted by Gasteiger charge is -2.39. The molecule has 0 unspecified atom stereocenters. The first-order valence-corrected chi connectivity index (χ1v) is 5.34. The highest BCUT2D eigenvalue weighted by atomic mass is 16.4. The molecule has 1 atom stereocenters. The van der Waals surface area contributed by atoms with Crippen LogP contribution in [0.25, 0.3) is 0 Å². The number of carbonyl (C=O) groups is 1. The Morgan fingerprint density at radius 3 is 2.88 bits per heavy atom. The molecule has 1 fully saturated rings. The molecule has 1 N–H and O–H groups in total. The minimum absolute atomic E-state index is 0.166. The zero-order valence-corrected chi connectivity index (χ0v) is 9.21. The van der Waals surface area contributed by atoms with Crippen LogP contribution in [0, 0.1) is 0 Å². The minimum atomic E-state index is -0.840. The lowest BCUT2D eigenvalue weighted by Crippen LogP contribution is -2.53. The molecule has 2 heterocycles. The Labute approximate surface area is 94.3 Å². The minimum Gasteiger partial charge on any atom is -0.465 e. The second-order valence-corrected chi connectivity index (χ2v) is 3.96. The molecule has 0 spiro atoms. The van der Waals surface area contributed by atoms with Crippen molar-refractivity contribution in [1.29, 1.82) is 0 Å². The number of hydrogen-bond acceptors (Lipinski definition) is 3. The third kappa shape index (κ3) is 2.08. The summed E-state index contributed by atoms with van der Waals surface area (Å²) in [6.07, 6.45) is 0.915. The smallest absolute Gasteiger partial charge is 0.407 e. The molecule has 1 saturated heterocycles. The number of pyridine rings is 1. The molecule has 1 aromatic rings. The van der Waals surface area contributed by atoms with Gasteiger partial charge in [-0.05, 0) is 19.1 Å². The fraction of sp³-hybridized carbons (Fsp3) is 0.455. The largest absolute Gasteiger partial charge is 0.465 e. The molecule has 16 heavy (non-hydrogen) atoms. The summed E-state index contributed by atoms with van der Waals surface area (Å²) in [7, 11) is 0. The van der Waals surface area contributed by atoms with E-state index >= 15 is 0 Å². The highest BCUT2D eigenvalue weighted by Gasteiger charge is 2.26. The number of carboxylic acid groups (broad SMARTS) is 1. The number of amides is 1. The van der Waals surface area contributed by atoms with Crippen molar-refractivity contribution in [3.63, 3.8) is 0 Å². The fourth-order valence-corrected chi connectivity index (χ4v) is 2.00. The van der Waals surface area contributed by atoms with Crippen LogP contribution in [0.5, 0.6) is 0 Å². The van der Waals surface area contributed by atoms with E-state index in [2.05, 4.69) is 9.88 Å². The molecule has 1 amide bonds. The summed E-state index contributed by atoms with van der Waals surface area (Å²) < 4.78 is 0. The Morgan fingerprint density at radius 2 is 2.31 bits per heavy atom. The van der Waals surface area contributed by atoms with Gasteiger partial charge in [0.15, 0.2) is 0 Å². The van der Waals surface area contributed by atoms with Crippen LogP contribution in [0.1, 0.15) is 6.92 Å². The van der Waals surface area contributed by atoms with Crippen LogP contribution in [-0.2, 0) is 0 Å². The lowest BCUT2D eigenvalue weighted by atomic mass is 10.2. The molecular weight excluding hydrogens is 206 g/mol. The van der Waals surface area contributed by atoms with E-state index in [-0.39, 0.29) is 6.04 Å². The molecule has 5 heteroatoms. The number of piperazine rings is 1. The van der Waals surface area contributed by atoms with Gasteiger partial charge >= 0.3 is 6.09 Å². The summed E-state index contributed by atoms with van der Waals surface area (Å²) >= 11 is 0. The first-order valence-electron chi connectivity index (χ1n) is 5.34. The van der Waals surface area contributed by atoms with Crippen LogP contribution >= 0.6 is 0 Å².